The van der Waals surface area contributed by atoms with Crippen LogP contribution in [0, 0.1) is 6.92 Å². The Labute approximate surface area is 107 Å². The third-order valence-corrected chi connectivity index (χ3v) is 3.12. The van der Waals surface area contributed by atoms with E-state index in [1.807, 2.05) is 12.1 Å². The second-order valence-corrected chi connectivity index (χ2v) is 4.63. The molecule has 0 unspecified atom stereocenters. The number of hydrogen-bond donors (Lipinski definition) is 1. The second-order valence-electron chi connectivity index (χ2n) is 4.22. The third-order valence-electron chi connectivity index (χ3n) is 2.79. The molecule has 2 rings (SSSR count). The Kier molecular flexibility index (Phi) is 3.82. The number of halogens is 1. The van der Waals surface area contributed by atoms with Crippen LogP contribution in [-0.4, -0.2) is 6.54 Å². The van der Waals surface area contributed by atoms with E-state index >= 15 is 0 Å². The zero-order valence-corrected chi connectivity index (χ0v) is 10.7. The second kappa shape index (κ2) is 5.35. The van der Waals surface area contributed by atoms with E-state index in [0.29, 0.717) is 6.54 Å². The minimum Gasteiger partial charge on any atom is -0.330 e. The Morgan fingerprint density at radius 1 is 1.12 bits per heavy atom. The molecule has 0 saturated heterocycles. The Morgan fingerprint density at radius 3 is 2.65 bits per heavy atom. The quantitative estimate of drug-likeness (QED) is 0.874. The van der Waals surface area contributed by atoms with Crippen molar-refractivity contribution in [2.24, 2.45) is 5.73 Å². The maximum absolute atomic E-state index is 6.25. The monoisotopic (exact) mass is 245 g/mol. The first-order chi connectivity index (χ1) is 8.20. The minimum absolute atomic E-state index is 0.662. The van der Waals surface area contributed by atoms with Crippen molar-refractivity contribution in [3.63, 3.8) is 0 Å². The first kappa shape index (κ1) is 12.2. The van der Waals surface area contributed by atoms with Crippen LogP contribution >= 0.6 is 11.6 Å². The van der Waals surface area contributed by atoms with Crippen molar-refractivity contribution in [1.82, 2.24) is 0 Å². The predicted molar refractivity (Wildman–Crippen MR) is 74.4 cm³/mol. The average molecular weight is 246 g/mol. The van der Waals surface area contributed by atoms with Crippen molar-refractivity contribution in [2.75, 3.05) is 6.54 Å². The first-order valence-corrected chi connectivity index (χ1v) is 6.14. The molecule has 0 atom stereocenters. The molecule has 0 aliphatic carbocycles. The topological polar surface area (TPSA) is 26.0 Å². The van der Waals surface area contributed by atoms with Gasteiger partial charge in [-0.2, -0.15) is 0 Å². The van der Waals surface area contributed by atoms with E-state index in [4.69, 9.17) is 17.3 Å². The highest BCUT2D eigenvalue weighted by Gasteiger charge is 2.04. The summed E-state index contributed by atoms with van der Waals surface area (Å²) < 4.78 is 0. The molecule has 1 nitrogen and oxygen atoms in total. The van der Waals surface area contributed by atoms with Crippen molar-refractivity contribution in [3.8, 4) is 11.1 Å². The number of nitrogens with two attached hydrogens (primary N) is 1. The molecule has 2 aromatic carbocycles. The number of benzene rings is 2. The Hall–Kier alpha value is -1.31. The molecule has 0 saturated carbocycles. The molecule has 2 aromatic rings. The molecule has 0 heterocycles. The SMILES string of the molecule is Cc1cccc(-c2cc(CCN)ccc2Cl)c1. The third kappa shape index (κ3) is 2.87. The van der Waals surface area contributed by atoms with Gasteiger partial charge in [0.15, 0.2) is 0 Å². The Bertz CT molecular complexity index is 520. The molecule has 0 aromatic heterocycles. The molecule has 88 valence electrons. The molecule has 0 spiro atoms. The summed E-state index contributed by atoms with van der Waals surface area (Å²) in [6, 6.07) is 14.5. The fraction of sp³-hybridized carbons (Fsp3) is 0.200. The molecule has 2 N–H and O–H groups in total. The van der Waals surface area contributed by atoms with Gasteiger partial charge in [0.2, 0.25) is 0 Å². The van der Waals surface area contributed by atoms with Gasteiger partial charge in [0, 0.05) is 10.6 Å². The fourth-order valence-corrected chi connectivity index (χ4v) is 2.16. The van der Waals surface area contributed by atoms with Crippen molar-refractivity contribution >= 4 is 11.6 Å². The van der Waals surface area contributed by atoms with Crippen LogP contribution in [0.25, 0.3) is 11.1 Å². The molecule has 0 radical (unpaired) electrons. The summed E-state index contributed by atoms with van der Waals surface area (Å²) >= 11 is 6.25. The van der Waals surface area contributed by atoms with E-state index in [1.165, 1.54) is 11.1 Å². The van der Waals surface area contributed by atoms with Gasteiger partial charge < -0.3 is 5.73 Å². The largest absolute Gasteiger partial charge is 0.330 e. The fourth-order valence-electron chi connectivity index (χ4n) is 1.93. The van der Waals surface area contributed by atoms with Crippen LogP contribution in [0.3, 0.4) is 0 Å². The smallest absolute Gasteiger partial charge is 0.0484 e. The first-order valence-electron chi connectivity index (χ1n) is 5.76. The normalized spacial score (nSPS) is 10.5. The molecule has 2 heteroatoms. The van der Waals surface area contributed by atoms with Crippen LogP contribution in [0.2, 0.25) is 5.02 Å². The van der Waals surface area contributed by atoms with E-state index in [0.717, 1.165) is 22.6 Å². The molecule has 0 aliphatic heterocycles. The van der Waals surface area contributed by atoms with Crippen molar-refractivity contribution < 1.29 is 0 Å². The number of hydrogen-bond acceptors (Lipinski definition) is 1. The van der Waals surface area contributed by atoms with Gasteiger partial charge in [0.1, 0.15) is 0 Å². The lowest BCUT2D eigenvalue weighted by Crippen LogP contribution is -2.02. The van der Waals surface area contributed by atoms with Crippen LogP contribution in [0.1, 0.15) is 11.1 Å². The summed E-state index contributed by atoms with van der Waals surface area (Å²) in [6.45, 7) is 2.75. The molecule has 0 bridgehead atoms. The van der Waals surface area contributed by atoms with Crippen LogP contribution in [0.15, 0.2) is 42.5 Å². The van der Waals surface area contributed by atoms with Gasteiger partial charge in [0.25, 0.3) is 0 Å². The molecule has 0 fully saturated rings. The summed E-state index contributed by atoms with van der Waals surface area (Å²) in [5.41, 5.74) is 10.3. The van der Waals surface area contributed by atoms with E-state index in [-0.39, 0.29) is 0 Å². The molecule has 0 amide bonds. The predicted octanol–water partition coefficient (Wildman–Crippen LogP) is 3.82. The summed E-state index contributed by atoms with van der Waals surface area (Å²) in [5.74, 6) is 0. The highest BCUT2D eigenvalue weighted by molar-refractivity contribution is 6.33. The van der Waals surface area contributed by atoms with E-state index in [2.05, 4.69) is 37.3 Å². The van der Waals surface area contributed by atoms with Gasteiger partial charge in [0.05, 0.1) is 0 Å². The van der Waals surface area contributed by atoms with Crippen molar-refractivity contribution in [2.45, 2.75) is 13.3 Å². The van der Waals surface area contributed by atoms with Crippen molar-refractivity contribution in [1.29, 1.82) is 0 Å². The Morgan fingerprint density at radius 2 is 1.94 bits per heavy atom. The number of rotatable bonds is 3. The molecule has 0 aliphatic rings. The van der Waals surface area contributed by atoms with E-state index < -0.39 is 0 Å². The summed E-state index contributed by atoms with van der Waals surface area (Å²) in [4.78, 5) is 0. The van der Waals surface area contributed by atoms with Crippen molar-refractivity contribution in [3.05, 3.63) is 58.6 Å². The number of aryl methyl sites for hydroxylation is 1. The molecular formula is C15H16ClN. The van der Waals surface area contributed by atoms with Gasteiger partial charge in [-0.3, -0.25) is 0 Å². The molecule has 17 heavy (non-hydrogen) atoms. The summed E-state index contributed by atoms with van der Waals surface area (Å²) in [5, 5.41) is 0.788. The van der Waals surface area contributed by atoms with E-state index in [9.17, 15) is 0 Å². The van der Waals surface area contributed by atoms with Gasteiger partial charge in [-0.1, -0.05) is 47.5 Å². The summed E-state index contributed by atoms with van der Waals surface area (Å²) in [6.07, 6.45) is 0.885. The van der Waals surface area contributed by atoms with Crippen LogP contribution in [-0.2, 0) is 6.42 Å². The summed E-state index contributed by atoms with van der Waals surface area (Å²) in [7, 11) is 0. The van der Waals surface area contributed by atoms with E-state index in [1.54, 1.807) is 0 Å². The van der Waals surface area contributed by atoms with Gasteiger partial charge in [-0.05, 0) is 43.1 Å². The van der Waals surface area contributed by atoms with Crippen LogP contribution in [0.4, 0.5) is 0 Å². The lowest BCUT2D eigenvalue weighted by Gasteiger charge is -2.08. The lowest BCUT2D eigenvalue weighted by molar-refractivity contribution is 0.969. The molecular weight excluding hydrogens is 230 g/mol. The maximum Gasteiger partial charge on any atom is 0.0484 e. The average Bonchev–Trinajstić information content (AvgIpc) is 2.32. The maximum atomic E-state index is 6.25. The lowest BCUT2D eigenvalue weighted by atomic mass is 10.0. The van der Waals surface area contributed by atoms with Gasteiger partial charge >= 0.3 is 0 Å². The van der Waals surface area contributed by atoms with Crippen LogP contribution in [0.5, 0.6) is 0 Å². The van der Waals surface area contributed by atoms with Gasteiger partial charge in [-0.15, -0.1) is 0 Å². The minimum atomic E-state index is 0.662. The zero-order valence-electron chi connectivity index (χ0n) is 9.91. The Balaban J connectivity index is 2.46. The van der Waals surface area contributed by atoms with Crippen LogP contribution < -0.4 is 5.73 Å². The zero-order chi connectivity index (χ0) is 12.3. The highest BCUT2D eigenvalue weighted by atomic mass is 35.5. The highest BCUT2D eigenvalue weighted by Crippen LogP contribution is 2.29. The van der Waals surface area contributed by atoms with Gasteiger partial charge in [-0.25, -0.2) is 0 Å². The standard InChI is InChI=1S/C15H16ClN/c1-11-3-2-4-13(9-11)14-10-12(7-8-17)5-6-15(14)16/h2-6,9-10H,7-8,17H2,1H3.